The zero-order chi connectivity index (χ0) is 27.1. The van der Waals surface area contributed by atoms with Crippen molar-refractivity contribution >= 4 is 40.6 Å². The number of ether oxygens (including phenoxy) is 3. The number of rotatable bonds is 11. The van der Waals surface area contributed by atoms with Crippen LogP contribution < -0.4 is 31.2 Å². The topological polar surface area (TPSA) is 179 Å². The predicted octanol–water partition coefficient (Wildman–Crippen LogP) is 1.70. The number of amides is 3. The number of aromatic hydroxyl groups is 1. The molecule has 1 unspecified atom stereocenters. The van der Waals surface area contributed by atoms with E-state index < -0.39 is 23.8 Å². The summed E-state index contributed by atoms with van der Waals surface area (Å²) in [5.74, 6) is -1.53. The van der Waals surface area contributed by atoms with Gasteiger partial charge >= 0.3 is 0 Å². The lowest BCUT2D eigenvalue weighted by Gasteiger charge is -2.32. The second kappa shape index (κ2) is 12.1. The molecule has 6 N–H and O–H groups in total. The van der Waals surface area contributed by atoms with Gasteiger partial charge in [0.25, 0.3) is 11.8 Å². The Morgan fingerprint density at radius 1 is 1.11 bits per heavy atom. The van der Waals surface area contributed by atoms with E-state index >= 15 is 0 Å². The number of nitrogens with zero attached hydrogens (tertiary/aromatic N) is 2. The Balaban J connectivity index is 2.25. The van der Waals surface area contributed by atoms with Crippen molar-refractivity contribution in [2.75, 3.05) is 45.1 Å². The average molecular weight is 530 g/mol. The highest BCUT2D eigenvalue weighted by atomic mass is 32.1. The number of carbonyl (C=O) groups is 3. The van der Waals surface area contributed by atoms with Gasteiger partial charge in [-0.2, -0.15) is 4.37 Å². The van der Waals surface area contributed by atoms with Crippen molar-refractivity contribution in [3.05, 3.63) is 58.6 Å². The molecule has 0 saturated heterocycles. The number of anilines is 2. The average Bonchev–Trinajstić information content (AvgIpc) is 3.28. The first-order valence-electron chi connectivity index (χ1n) is 10.9. The smallest absolute Gasteiger partial charge is 0.273 e. The molecular weight excluding hydrogens is 502 g/mol. The van der Waals surface area contributed by atoms with Gasteiger partial charge in [0, 0.05) is 19.7 Å². The molecule has 0 saturated carbocycles. The Labute approximate surface area is 216 Å². The fraction of sp³-hybridized carbons (Fsp3) is 0.250. The molecular formula is C24H27N5O7S. The minimum Gasteiger partial charge on any atom is -0.508 e. The van der Waals surface area contributed by atoms with E-state index in [0.717, 1.165) is 0 Å². The molecule has 3 amide bonds. The highest BCUT2D eigenvalue weighted by Gasteiger charge is 2.37. The number of methoxy groups -OCH3 is 3. The number of nitrogens with one attached hydrogen (secondary N) is 1. The van der Waals surface area contributed by atoms with Gasteiger partial charge < -0.3 is 36.1 Å². The summed E-state index contributed by atoms with van der Waals surface area (Å²) in [5.41, 5.74) is 11.5. The van der Waals surface area contributed by atoms with E-state index in [4.69, 9.17) is 25.7 Å². The molecule has 0 radical (unpaired) electrons. The largest absolute Gasteiger partial charge is 0.508 e. The van der Waals surface area contributed by atoms with Crippen LogP contribution in [0.5, 0.6) is 17.2 Å². The Morgan fingerprint density at radius 2 is 1.81 bits per heavy atom. The number of phenolic OH excluding ortho intramolecular Hbond substituents is 1. The first kappa shape index (κ1) is 27.2. The molecule has 0 spiro atoms. The Kier molecular flexibility index (Phi) is 8.87. The van der Waals surface area contributed by atoms with E-state index in [9.17, 15) is 19.5 Å². The molecule has 13 heteroatoms. The third-order valence-corrected chi connectivity index (χ3v) is 6.19. The first-order chi connectivity index (χ1) is 17.7. The summed E-state index contributed by atoms with van der Waals surface area (Å²) in [6.07, 6.45) is 0. The molecule has 1 heterocycles. The van der Waals surface area contributed by atoms with Gasteiger partial charge in [-0.25, -0.2) is 0 Å². The zero-order valence-electron chi connectivity index (χ0n) is 20.4. The molecule has 0 fully saturated rings. The fourth-order valence-electron chi connectivity index (χ4n) is 3.54. The van der Waals surface area contributed by atoms with Crippen LogP contribution in [0.2, 0.25) is 0 Å². The van der Waals surface area contributed by atoms with Gasteiger partial charge in [0.2, 0.25) is 5.91 Å². The first-order valence-corrected chi connectivity index (χ1v) is 11.7. The molecule has 0 aliphatic heterocycles. The molecule has 0 bridgehead atoms. The third-order valence-electron chi connectivity index (χ3n) is 5.34. The second-order valence-electron chi connectivity index (χ2n) is 7.63. The minimum absolute atomic E-state index is 0.0278. The molecule has 3 rings (SSSR count). The van der Waals surface area contributed by atoms with Gasteiger partial charge in [0.1, 0.15) is 28.2 Å². The summed E-state index contributed by atoms with van der Waals surface area (Å²) < 4.78 is 19.8. The number of phenols is 1. The zero-order valence-corrected chi connectivity index (χ0v) is 21.2. The van der Waals surface area contributed by atoms with E-state index in [1.807, 2.05) is 0 Å². The van der Waals surface area contributed by atoms with E-state index in [-0.39, 0.29) is 46.6 Å². The normalized spacial score (nSPS) is 11.4. The summed E-state index contributed by atoms with van der Waals surface area (Å²) in [7, 11) is 4.37. The number of carbonyl (C=O) groups excluding carboxylic acids is 3. The Hall–Kier alpha value is -4.36. The lowest BCUT2D eigenvalue weighted by Crippen LogP contribution is -2.45. The highest BCUT2D eigenvalue weighted by Crippen LogP contribution is 2.40. The maximum atomic E-state index is 14.1. The van der Waals surface area contributed by atoms with Gasteiger partial charge in [-0.05, 0) is 41.4 Å². The Bertz CT molecular complexity index is 1280. The lowest BCUT2D eigenvalue weighted by molar-refractivity contribution is -0.122. The molecule has 196 valence electrons. The summed E-state index contributed by atoms with van der Waals surface area (Å²) in [6, 6.07) is 9.25. The third kappa shape index (κ3) is 5.90. The Morgan fingerprint density at radius 3 is 2.38 bits per heavy atom. The molecule has 12 nitrogen and oxygen atoms in total. The van der Waals surface area contributed by atoms with E-state index in [2.05, 4.69) is 9.69 Å². The summed E-state index contributed by atoms with van der Waals surface area (Å²) in [4.78, 5) is 40.5. The van der Waals surface area contributed by atoms with Crippen LogP contribution in [0.3, 0.4) is 0 Å². The molecule has 1 aromatic heterocycles. The molecule has 2 aromatic carbocycles. The van der Waals surface area contributed by atoms with Crippen LogP contribution in [0.15, 0.2) is 42.5 Å². The van der Waals surface area contributed by atoms with Crippen LogP contribution in [-0.4, -0.2) is 61.7 Å². The highest BCUT2D eigenvalue weighted by molar-refractivity contribution is 7.09. The van der Waals surface area contributed by atoms with E-state index in [0.29, 0.717) is 22.8 Å². The molecule has 0 aliphatic carbocycles. The summed E-state index contributed by atoms with van der Waals surface area (Å²) in [6.45, 7) is 0.401. The maximum Gasteiger partial charge on any atom is 0.273 e. The van der Waals surface area contributed by atoms with Gasteiger partial charge in [-0.3, -0.25) is 19.3 Å². The second-order valence-corrected chi connectivity index (χ2v) is 8.40. The fourth-order valence-corrected chi connectivity index (χ4v) is 4.28. The van der Waals surface area contributed by atoms with Crippen LogP contribution in [0.1, 0.15) is 31.8 Å². The standard InChI is InChI=1S/C24H27N5O7S/c1-34-11-10-27-23(32)20(13-4-6-14(30)7-5-13)29(16-9-8-15(35-2)12-17(16)36-3)24(33)21-18(25)19(22(26)31)28-37-21/h4-9,12,20,30H,10-11,25H2,1-3H3,(H2,26,31)(H,27,32). The van der Waals surface area contributed by atoms with Gasteiger partial charge in [-0.1, -0.05) is 12.1 Å². The molecule has 3 aromatic rings. The van der Waals surface area contributed by atoms with Crippen molar-refractivity contribution < 1.29 is 33.7 Å². The number of primary amides is 1. The number of hydrogen-bond acceptors (Lipinski definition) is 10. The van der Waals surface area contributed by atoms with Crippen molar-refractivity contribution in [3.63, 3.8) is 0 Å². The molecule has 37 heavy (non-hydrogen) atoms. The number of hydrogen-bond donors (Lipinski definition) is 4. The molecule has 0 aliphatic rings. The van der Waals surface area contributed by atoms with Crippen LogP contribution in [0, 0.1) is 0 Å². The lowest BCUT2D eigenvalue weighted by atomic mass is 10.0. The van der Waals surface area contributed by atoms with Crippen molar-refractivity contribution in [3.8, 4) is 17.2 Å². The van der Waals surface area contributed by atoms with Crippen LogP contribution in [0.25, 0.3) is 0 Å². The van der Waals surface area contributed by atoms with Crippen LogP contribution in [-0.2, 0) is 9.53 Å². The minimum atomic E-state index is -1.26. The predicted molar refractivity (Wildman–Crippen MR) is 137 cm³/mol. The number of nitrogen functional groups attached to an aromatic ring is 1. The van der Waals surface area contributed by atoms with Crippen LogP contribution in [0.4, 0.5) is 11.4 Å². The van der Waals surface area contributed by atoms with Crippen molar-refractivity contribution in [1.82, 2.24) is 9.69 Å². The van der Waals surface area contributed by atoms with E-state index in [1.165, 1.54) is 50.5 Å². The van der Waals surface area contributed by atoms with Crippen molar-refractivity contribution in [2.24, 2.45) is 5.73 Å². The number of nitrogens with two attached hydrogens (primary N) is 2. The van der Waals surface area contributed by atoms with Gasteiger partial charge in [0.05, 0.1) is 32.2 Å². The SMILES string of the molecule is COCCNC(=O)C(c1ccc(O)cc1)N(C(=O)c1snc(C(N)=O)c1N)c1ccc(OC)cc1OC. The maximum absolute atomic E-state index is 14.1. The van der Waals surface area contributed by atoms with E-state index in [1.54, 1.807) is 18.2 Å². The monoisotopic (exact) mass is 529 g/mol. The van der Waals surface area contributed by atoms with Crippen molar-refractivity contribution in [1.29, 1.82) is 0 Å². The number of aromatic nitrogens is 1. The summed E-state index contributed by atoms with van der Waals surface area (Å²) in [5, 5.41) is 12.6. The van der Waals surface area contributed by atoms with Gasteiger partial charge in [0.15, 0.2) is 5.69 Å². The molecule has 1 atom stereocenters. The number of benzene rings is 2. The van der Waals surface area contributed by atoms with Crippen molar-refractivity contribution in [2.45, 2.75) is 6.04 Å². The van der Waals surface area contributed by atoms with Gasteiger partial charge in [-0.15, -0.1) is 0 Å². The summed E-state index contributed by atoms with van der Waals surface area (Å²) >= 11 is 0.681. The van der Waals surface area contributed by atoms with Crippen LogP contribution >= 0.6 is 11.5 Å². The quantitative estimate of drug-likeness (QED) is 0.269.